The van der Waals surface area contributed by atoms with Crippen LogP contribution in [-0.4, -0.2) is 39.2 Å². The Bertz CT molecular complexity index is 1210. The molecule has 0 unspecified atom stereocenters. The zero-order valence-corrected chi connectivity index (χ0v) is 15.2. The van der Waals surface area contributed by atoms with E-state index in [1.54, 1.807) is 24.4 Å². The second-order valence-corrected chi connectivity index (χ2v) is 6.46. The van der Waals surface area contributed by atoms with Gasteiger partial charge in [-0.3, -0.25) is 10.1 Å². The number of aromatic hydroxyl groups is 1. The van der Waals surface area contributed by atoms with Gasteiger partial charge >= 0.3 is 6.03 Å². The Balaban J connectivity index is 1.76. The molecule has 0 bridgehead atoms. The Morgan fingerprint density at radius 3 is 2.83 bits per heavy atom. The van der Waals surface area contributed by atoms with Gasteiger partial charge in [0.2, 0.25) is 5.54 Å². The van der Waals surface area contributed by atoms with Crippen LogP contribution in [-0.2, 0) is 11.3 Å². The molecule has 1 atom stereocenters. The van der Waals surface area contributed by atoms with Crippen molar-refractivity contribution < 1.29 is 23.8 Å². The van der Waals surface area contributed by atoms with E-state index in [9.17, 15) is 19.1 Å². The van der Waals surface area contributed by atoms with Gasteiger partial charge in [-0.05, 0) is 30.2 Å². The molecule has 0 radical (unpaired) electrons. The summed E-state index contributed by atoms with van der Waals surface area (Å²) < 4.78 is 19.9. The van der Waals surface area contributed by atoms with Gasteiger partial charge in [0.1, 0.15) is 17.3 Å². The molecule has 2 aromatic heterocycles. The van der Waals surface area contributed by atoms with Crippen molar-refractivity contribution in [2.45, 2.75) is 12.1 Å². The fourth-order valence-electron chi connectivity index (χ4n) is 3.10. The van der Waals surface area contributed by atoms with E-state index in [4.69, 9.17) is 4.74 Å². The van der Waals surface area contributed by atoms with E-state index < -0.39 is 23.3 Å². The van der Waals surface area contributed by atoms with Crippen LogP contribution < -0.4 is 15.4 Å². The summed E-state index contributed by atoms with van der Waals surface area (Å²) in [6.07, 6.45) is 2.88. The minimum Gasteiger partial charge on any atom is -0.497 e. The van der Waals surface area contributed by atoms with Gasteiger partial charge in [-0.2, -0.15) is 0 Å². The maximum absolute atomic E-state index is 13.4. The molecule has 9 heteroatoms. The quantitative estimate of drug-likeness (QED) is 0.461. The minimum atomic E-state index is -1.66. The number of aromatic nitrogens is 2. The number of amides is 3. The van der Waals surface area contributed by atoms with Crippen LogP contribution in [0.25, 0.3) is 10.8 Å². The lowest BCUT2D eigenvalue weighted by molar-refractivity contribution is -0.122. The Morgan fingerprint density at radius 1 is 1.31 bits per heavy atom. The summed E-state index contributed by atoms with van der Waals surface area (Å²) in [5.74, 6) is 4.54. The molecule has 4 rings (SSSR count). The molecule has 3 N–H and O–H groups in total. The first-order valence-electron chi connectivity index (χ1n) is 8.54. The minimum absolute atomic E-state index is 0.102. The third-order valence-electron chi connectivity index (χ3n) is 4.54. The summed E-state index contributed by atoms with van der Waals surface area (Å²) >= 11 is 0. The largest absolute Gasteiger partial charge is 0.497 e. The predicted octanol–water partition coefficient (Wildman–Crippen LogP) is 1.52. The van der Waals surface area contributed by atoms with Crippen molar-refractivity contribution in [1.29, 1.82) is 0 Å². The van der Waals surface area contributed by atoms with Crippen molar-refractivity contribution in [3.63, 3.8) is 0 Å². The molecule has 1 fully saturated rings. The number of hydrogen-bond donors (Lipinski definition) is 3. The predicted molar refractivity (Wildman–Crippen MR) is 101 cm³/mol. The monoisotopic (exact) mass is 394 g/mol. The molecule has 3 aromatic rings. The van der Waals surface area contributed by atoms with Crippen LogP contribution in [0.15, 0.2) is 42.7 Å². The van der Waals surface area contributed by atoms with Crippen molar-refractivity contribution in [2.24, 2.45) is 0 Å². The number of fused-ring (bicyclic) bond motifs is 1. The average Bonchev–Trinajstić information content (AvgIpc) is 3.15. The fraction of sp³-hybridized carbons (Fsp3) is 0.150. The van der Waals surface area contributed by atoms with E-state index in [-0.39, 0.29) is 18.1 Å². The van der Waals surface area contributed by atoms with Crippen LogP contribution >= 0.6 is 0 Å². The Hall–Kier alpha value is -4.06. The number of benzene rings is 1. The first-order chi connectivity index (χ1) is 13.9. The van der Waals surface area contributed by atoms with Crippen LogP contribution in [0, 0.1) is 17.7 Å². The first kappa shape index (κ1) is 18.3. The van der Waals surface area contributed by atoms with Crippen LogP contribution in [0.1, 0.15) is 5.69 Å². The fourth-order valence-corrected chi connectivity index (χ4v) is 3.10. The number of urea groups is 1. The number of carbonyl (C=O) groups excluding carboxylic acids is 2. The molecule has 29 heavy (non-hydrogen) atoms. The Labute approximate surface area is 164 Å². The van der Waals surface area contributed by atoms with Gasteiger partial charge in [0.05, 0.1) is 13.7 Å². The van der Waals surface area contributed by atoms with Crippen LogP contribution in [0.3, 0.4) is 0 Å². The lowest BCUT2D eigenvalue weighted by atomic mass is 10.0. The van der Waals surface area contributed by atoms with E-state index in [0.717, 1.165) is 6.07 Å². The molecule has 0 spiro atoms. The molecule has 1 aromatic carbocycles. The highest BCUT2D eigenvalue weighted by Crippen LogP contribution is 2.31. The Kier molecular flexibility index (Phi) is 4.31. The summed E-state index contributed by atoms with van der Waals surface area (Å²) in [4.78, 5) is 28.2. The van der Waals surface area contributed by atoms with Gasteiger partial charge < -0.3 is 19.7 Å². The molecule has 0 aliphatic carbocycles. The first-order valence-corrected chi connectivity index (χ1v) is 8.54. The highest BCUT2D eigenvalue weighted by atomic mass is 19.1. The van der Waals surface area contributed by atoms with Gasteiger partial charge in [0, 0.05) is 29.2 Å². The number of hydrogen-bond acceptors (Lipinski definition) is 5. The lowest BCUT2D eigenvalue weighted by Gasteiger charge is -2.20. The zero-order valence-electron chi connectivity index (χ0n) is 15.2. The highest BCUT2D eigenvalue weighted by Gasteiger charge is 2.46. The molecule has 8 nitrogen and oxygen atoms in total. The molecular formula is C20H15FN4O4. The summed E-state index contributed by atoms with van der Waals surface area (Å²) in [6, 6.07) is 6.72. The Morgan fingerprint density at radius 2 is 2.14 bits per heavy atom. The molecule has 3 amide bonds. The average molecular weight is 394 g/mol. The van der Waals surface area contributed by atoms with Gasteiger partial charge in [0.15, 0.2) is 5.88 Å². The third kappa shape index (κ3) is 3.32. The second-order valence-electron chi connectivity index (χ2n) is 6.46. The SMILES string of the molecule is COc1ccc2cn(C[C@@]3(C#Cc4cc(F)ccn4)NC(=O)NC3=O)c(O)c2c1. The summed E-state index contributed by atoms with van der Waals surface area (Å²) in [5.41, 5.74) is -1.56. The molecule has 1 aliphatic heterocycles. The number of pyridine rings is 1. The molecule has 146 valence electrons. The van der Waals surface area contributed by atoms with Crippen LogP contribution in [0.4, 0.5) is 9.18 Å². The number of methoxy groups -OCH3 is 1. The van der Waals surface area contributed by atoms with Gasteiger partial charge in [-0.1, -0.05) is 5.92 Å². The number of carbonyl (C=O) groups is 2. The van der Waals surface area contributed by atoms with Gasteiger partial charge in [0.25, 0.3) is 5.91 Å². The molecule has 1 saturated heterocycles. The number of nitrogens with zero attached hydrogens (tertiary/aromatic N) is 2. The number of ether oxygens (including phenoxy) is 1. The maximum Gasteiger partial charge on any atom is 0.323 e. The third-order valence-corrected chi connectivity index (χ3v) is 4.54. The highest BCUT2D eigenvalue weighted by molar-refractivity contribution is 6.09. The normalized spacial score (nSPS) is 18.1. The van der Waals surface area contributed by atoms with Crippen molar-refractivity contribution in [2.75, 3.05) is 7.11 Å². The second kappa shape index (κ2) is 6.83. The number of halogens is 1. The van der Waals surface area contributed by atoms with Gasteiger partial charge in [-0.25, -0.2) is 14.2 Å². The van der Waals surface area contributed by atoms with Crippen LogP contribution in [0.5, 0.6) is 11.6 Å². The van der Waals surface area contributed by atoms with E-state index in [1.807, 2.05) is 0 Å². The molecular weight excluding hydrogens is 379 g/mol. The van der Waals surface area contributed by atoms with E-state index in [2.05, 4.69) is 27.5 Å². The van der Waals surface area contributed by atoms with Crippen LogP contribution in [0.2, 0.25) is 0 Å². The summed E-state index contributed by atoms with van der Waals surface area (Å²) in [7, 11) is 1.51. The molecule has 1 aliphatic rings. The summed E-state index contributed by atoms with van der Waals surface area (Å²) in [6.45, 7) is -0.171. The number of imide groups is 1. The van der Waals surface area contributed by atoms with Crippen molar-refractivity contribution in [3.05, 3.63) is 54.2 Å². The van der Waals surface area contributed by atoms with E-state index in [1.165, 1.54) is 23.9 Å². The number of rotatable bonds is 3. The topological polar surface area (TPSA) is 105 Å². The lowest BCUT2D eigenvalue weighted by Crippen LogP contribution is -2.49. The van der Waals surface area contributed by atoms with Crippen molar-refractivity contribution in [1.82, 2.24) is 20.2 Å². The van der Waals surface area contributed by atoms with E-state index >= 15 is 0 Å². The number of nitrogens with one attached hydrogen (secondary N) is 2. The smallest absolute Gasteiger partial charge is 0.323 e. The van der Waals surface area contributed by atoms with Crippen molar-refractivity contribution >= 4 is 22.7 Å². The van der Waals surface area contributed by atoms with Gasteiger partial charge in [-0.15, -0.1) is 0 Å². The summed E-state index contributed by atoms with van der Waals surface area (Å²) in [5, 5.41) is 16.5. The standard InChI is InChI=1S/C20H15FN4O4/c1-29-15-3-2-12-10-25(17(26)16(12)9-15)11-20(18(27)23-19(28)24-20)6-4-14-8-13(21)5-7-22-14/h2-3,5,7-10,26H,11H2,1H3,(H2,23,24,27,28)/t20-/m1/s1. The van der Waals surface area contributed by atoms with Crippen molar-refractivity contribution in [3.8, 4) is 23.5 Å². The van der Waals surface area contributed by atoms with E-state index in [0.29, 0.717) is 16.5 Å². The molecule has 3 heterocycles. The molecule has 0 saturated carbocycles. The maximum atomic E-state index is 13.4. The zero-order chi connectivity index (χ0) is 20.6.